The Morgan fingerprint density at radius 3 is 2.70 bits per heavy atom. The maximum atomic E-state index is 11.1. The summed E-state index contributed by atoms with van der Waals surface area (Å²) in [5.41, 5.74) is 0.508. The van der Waals surface area contributed by atoms with Gasteiger partial charge in [-0.1, -0.05) is 29.3 Å². The molecule has 1 saturated carbocycles. The van der Waals surface area contributed by atoms with E-state index in [0.717, 1.165) is 12.0 Å². The zero-order chi connectivity index (χ0) is 14.5. The van der Waals surface area contributed by atoms with Crippen LogP contribution in [0.2, 0.25) is 10.0 Å². The van der Waals surface area contributed by atoms with Gasteiger partial charge < -0.3 is 15.1 Å². The fourth-order valence-corrected chi connectivity index (χ4v) is 3.93. The van der Waals surface area contributed by atoms with Crippen LogP contribution in [0.5, 0.6) is 0 Å². The van der Waals surface area contributed by atoms with Crippen molar-refractivity contribution >= 4 is 29.3 Å². The number of piperidine rings is 1. The van der Waals surface area contributed by atoms with Crippen LogP contribution in [0, 0.1) is 5.41 Å². The number of fused-ring (bicyclic) bond motifs is 1. The van der Waals surface area contributed by atoms with Gasteiger partial charge in [0.15, 0.2) is 0 Å². The number of nitrogens with zero attached hydrogens (tertiary/aromatic N) is 1. The summed E-state index contributed by atoms with van der Waals surface area (Å²) >= 11 is 12.0. The summed E-state index contributed by atoms with van der Waals surface area (Å²) < 4.78 is 0. The first-order chi connectivity index (χ1) is 9.44. The number of hydrogen-bond donors (Lipinski definition) is 2. The van der Waals surface area contributed by atoms with Gasteiger partial charge in [0, 0.05) is 23.9 Å². The van der Waals surface area contributed by atoms with Gasteiger partial charge in [0.25, 0.3) is 0 Å². The first kappa shape index (κ1) is 14.0. The number of hydrogen-bond acceptors (Lipinski definition) is 2. The third-order valence-corrected chi connectivity index (χ3v) is 5.62. The maximum absolute atomic E-state index is 11.1. The second-order valence-electron chi connectivity index (χ2n) is 5.78. The molecule has 0 bridgehead atoms. The third kappa shape index (κ3) is 1.82. The van der Waals surface area contributed by atoms with Crippen molar-refractivity contribution in [2.45, 2.75) is 18.3 Å². The second-order valence-corrected chi connectivity index (χ2v) is 6.59. The van der Waals surface area contributed by atoms with Gasteiger partial charge in [-0.25, -0.2) is 4.79 Å². The minimum absolute atomic E-state index is 0.0168. The van der Waals surface area contributed by atoms with Gasteiger partial charge in [-0.05, 0) is 30.5 Å². The standard InChI is InChI=1S/C14H15Cl2NO3/c15-10-2-1-9(5-11(10)16)14-3-4-17(12(19)20)7-13(14,6-14)8-18/h1-2,5,18H,3-4,6-8H2,(H,19,20)/t13-,14-/m0/s1. The molecular weight excluding hydrogens is 301 g/mol. The van der Waals surface area contributed by atoms with Crippen molar-refractivity contribution in [3.8, 4) is 0 Å². The molecule has 1 amide bonds. The Balaban J connectivity index is 1.94. The molecule has 2 aliphatic rings. The topological polar surface area (TPSA) is 60.8 Å². The number of amides is 1. The number of benzene rings is 1. The highest BCUT2D eigenvalue weighted by molar-refractivity contribution is 6.42. The van der Waals surface area contributed by atoms with Crippen molar-refractivity contribution < 1.29 is 15.0 Å². The Bertz CT molecular complexity index is 580. The largest absolute Gasteiger partial charge is 0.465 e. The number of aliphatic hydroxyl groups excluding tert-OH is 1. The third-order valence-electron chi connectivity index (χ3n) is 4.88. The average molecular weight is 316 g/mol. The lowest BCUT2D eigenvalue weighted by atomic mass is 9.80. The molecule has 6 heteroatoms. The Morgan fingerprint density at radius 2 is 2.10 bits per heavy atom. The van der Waals surface area contributed by atoms with Gasteiger partial charge in [0.1, 0.15) is 0 Å². The van der Waals surface area contributed by atoms with Crippen LogP contribution in [-0.2, 0) is 5.41 Å². The van der Waals surface area contributed by atoms with Crippen molar-refractivity contribution in [3.05, 3.63) is 33.8 Å². The molecule has 0 unspecified atom stereocenters. The number of halogens is 2. The van der Waals surface area contributed by atoms with E-state index in [0.29, 0.717) is 29.6 Å². The van der Waals surface area contributed by atoms with Crippen molar-refractivity contribution in [1.82, 2.24) is 4.90 Å². The molecule has 2 N–H and O–H groups in total. The molecule has 1 heterocycles. The minimum atomic E-state index is -0.924. The van der Waals surface area contributed by atoms with Crippen LogP contribution in [0.15, 0.2) is 18.2 Å². The van der Waals surface area contributed by atoms with E-state index in [-0.39, 0.29) is 17.4 Å². The molecule has 1 aromatic carbocycles. The van der Waals surface area contributed by atoms with E-state index >= 15 is 0 Å². The van der Waals surface area contributed by atoms with Gasteiger partial charge in [-0.15, -0.1) is 0 Å². The van der Waals surface area contributed by atoms with Gasteiger partial charge in [-0.2, -0.15) is 0 Å². The lowest BCUT2D eigenvalue weighted by Gasteiger charge is -2.36. The minimum Gasteiger partial charge on any atom is -0.465 e. The fourth-order valence-electron chi connectivity index (χ4n) is 3.63. The van der Waals surface area contributed by atoms with Crippen LogP contribution >= 0.6 is 23.2 Å². The molecule has 0 aromatic heterocycles. The van der Waals surface area contributed by atoms with Gasteiger partial charge >= 0.3 is 6.09 Å². The number of likely N-dealkylation sites (tertiary alicyclic amines) is 1. The number of carbonyl (C=O) groups is 1. The summed E-state index contributed by atoms with van der Waals surface area (Å²) in [6.07, 6.45) is 0.572. The maximum Gasteiger partial charge on any atom is 0.407 e. The second kappa shape index (κ2) is 4.52. The van der Waals surface area contributed by atoms with Crippen LogP contribution in [-0.4, -0.2) is 40.9 Å². The SMILES string of the molecule is O=C(O)N1CC[C@@]2(c3ccc(Cl)c(Cl)c3)C[C@@]2(CO)C1. The molecule has 2 atom stereocenters. The molecular formula is C14H15Cl2NO3. The summed E-state index contributed by atoms with van der Waals surface area (Å²) in [5.74, 6) is 0. The summed E-state index contributed by atoms with van der Waals surface area (Å²) in [6.45, 7) is 0.841. The summed E-state index contributed by atoms with van der Waals surface area (Å²) in [6, 6.07) is 5.54. The predicted octanol–water partition coefficient (Wildman–Crippen LogP) is 3.00. The predicted molar refractivity (Wildman–Crippen MR) is 76.5 cm³/mol. The van der Waals surface area contributed by atoms with E-state index in [1.54, 1.807) is 6.07 Å². The van der Waals surface area contributed by atoms with Crippen LogP contribution in [0.3, 0.4) is 0 Å². The highest BCUT2D eigenvalue weighted by Gasteiger charge is 2.69. The van der Waals surface area contributed by atoms with E-state index < -0.39 is 6.09 Å². The molecule has 1 aromatic rings. The van der Waals surface area contributed by atoms with Gasteiger partial charge in [-0.3, -0.25) is 0 Å². The molecule has 2 fully saturated rings. The highest BCUT2D eigenvalue weighted by Crippen LogP contribution is 2.68. The Labute approximate surface area is 126 Å². The van der Waals surface area contributed by atoms with Crippen molar-refractivity contribution in [1.29, 1.82) is 0 Å². The van der Waals surface area contributed by atoms with E-state index in [9.17, 15) is 9.90 Å². The molecule has 108 valence electrons. The highest BCUT2D eigenvalue weighted by atomic mass is 35.5. The van der Waals surface area contributed by atoms with Crippen LogP contribution in [0.25, 0.3) is 0 Å². The quantitative estimate of drug-likeness (QED) is 0.882. The summed E-state index contributed by atoms with van der Waals surface area (Å²) in [5, 5.41) is 19.9. The molecule has 20 heavy (non-hydrogen) atoms. The van der Waals surface area contributed by atoms with E-state index in [1.807, 2.05) is 12.1 Å². The zero-order valence-corrected chi connectivity index (χ0v) is 12.3. The molecule has 1 aliphatic carbocycles. The lowest BCUT2D eigenvalue weighted by molar-refractivity contribution is 0.0840. The molecule has 3 rings (SSSR count). The van der Waals surface area contributed by atoms with E-state index in [1.165, 1.54) is 4.90 Å². The molecule has 1 saturated heterocycles. The average Bonchev–Trinajstić information content (AvgIpc) is 3.11. The van der Waals surface area contributed by atoms with Crippen LogP contribution < -0.4 is 0 Å². The Kier molecular flexibility index (Phi) is 3.16. The zero-order valence-electron chi connectivity index (χ0n) is 10.8. The summed E-state index contributed by atoms with van der Waals surface area (Å²) in [4.78, 5) is 12.5. The van der Waals surface area contributed by atoms with Crippen molar-refractivity contribution in [2.24, 2.45) is 5.41 Å². The van der Waals surface area contributed by atoms with E-state index in [4.69, 9.17) is 28.3 Å². The van der Waals surface area contributed by atoms with Gasteiger partial charge in [0.05, 0.1) is 16.7 Å². The summed E-state index contributed by atoms with van der Waals surface area (Å²) in [7, 11) is 0. The van der Waals surface area contributed by atoms with Crippen molar-refractivity contribution in [3.63, 3.8) is 0 Å². The number of rotatable bonds is 2. The first-order valence-corrected chi connectivity index (χ1v) is 7.24. The van der Waals surface area contributed by atoms with Crippen LogP contribution in [0.4, 0.5) is 4.79 Å². The van der Waals surface area contributed by atoms with Crippen molar-refractivity contribution in [2.75, 3.05) is 19.7 Å². The normalized spacial score (nSPS) is 31.9. The smallest absolute Gasteiger partial charge is 0.407 e. The van der Waals surface area contributed by atoms with Gasteiger partial charge in [0.2, 0.25) is 0 Å². The van der Waals surface area contributed by atoms with E-state index in [2.05, 4.69) is 0 Å². The molecule has 0 radical (unpaired) electrons. The molecule has 4 nitrogen and oxygen atoms in total. The Morgan fingerprint density at radius 1 is 1.35 bits per heavy atom. The monoisotopic (exact) mass is 315 g/mol. The molecule has 0 spiro atoms. The number of carboxylic acid groups (broad SMARTS) is 1. The fraction of sp³-hybridized carbons (Fsp3) is 0.500. The lowest BCUT2D eigenvalue weighted by Crippen LogP contribution is -2.45. The number of aliphatic hydroxyl groups is 1. The van der Waals surface area contributed by atoms with Crippen LogP contribution in [0.1, 0.15) is 18.4 Å². The Hall–Kier alpha value is -0.970. The molecule has 1 aliphatic heterocycles. The first-order valence-electron chi connectivity index (χ1n) is 6.48.